The summed E-state index contributed by atoms with van der Waals surface area (Å²) in [5.41, 5.74) is 0.533. The Morgan fingerprint density at radius 3 is 2.64 bits per heavy atom. The van der Waals surface area contributed by atoms with Gasteiger partial charge in [0.1, 0.15) is 11.4 Å². The average Bonchev–Trinajstić information content (AvgIpc) is 2.75. The van der Waals surface area contributed by atoms with E-state index in [1.165, 1.54) is 43.1 Å². The lowest BCUT2D eigenvalue weighted by molar-refractivity contribution is -0.102. The van der Waals surface area contributed by atoms with E-state index in [-0.39, 0.29) is 16.6 Å². The van der Waals surface area contributed by atoms with E-state index in [0.29, 0.717) is 5.56 Å². The number of benzene rings is 1. The van der Waals surface area contributed by atoms with E-state index in [1.54, 1.807) is 0 Å². The maximum atomic E-state index is 13.2. The van der Waals surface area contributed by atoms with E-state index >= 15 is 0 Å². The van der Waals surface area contributed by atoms with Crippen LogP contribution in [-0.2, 0) is 18.4 Å². The minimum Gasteiger partial charge on any atom is -0.503 e. The molecule has 2 N–H and O–H groups in total. The van der Waals surface area contributed by atoms with Gasteiger partial charge in [-0.1, -0.05) is 6.07 Å². The van der Waals surface area contributed by atoms with Crippen molar-refractivity contribution in [3.63, 3.8) is 0 Å². The fraction of sp³-hybridized carbons (Fsp3) is 0.214. The van der Waals surface area contributed by atoms with Crippen LogP contribution in [0.4, 0.5) is 4.39 Å². The second-order valence-corrected chi connectivity index (χ2v) is 5.45. The van der Waals surface area contributed by atoms with Crippen molar-refractivity contribution in [1.82, 2.24) is 9.63 Å². The van der Waals surface area contributed by atoms with Crippen LogP contribution in [0, 0.1) is 5.82 Å². The second kappa shape index (κ2) is 6.37. The molecule has 6 nitrogen and oxygen atoms in total. The first-order chi connectivity index (χ1) is 10.3. The number of aromatic nitrogens is 1. The summed E-state index contributed by atoms with van der Waals surface area (Å²) in [5.74, 6) is -1.97. The molecule has 0 aliphatic rings. The Balaban J connectivity index is 2.25. The van der Waals surface area contributed by atoms with E-state index in [4.69, 9.17) is 4.84 Å². The zero-order valence-corrected chi connectivity index (χ0v) is 13.5. The van der Waals surface area contributed by atoms with Crippen molar-refractivity contribution in [2.24, 2.45) is 7.05 Å². The molecule has 2 aromatic rings. The molecule has 0 fully saturated rings. The molecular weight excluding hydrogens is 359 g/mol. The summed E-state index contributed by atoms with van der Waals surface area (Å²) in [6.45, 7) is 0.0449. The van der Waals surface area contributed by atoms with Gasteiger partial charge >= 0.3 is 0 Å². The zero-order valence-electron chi connectivity index (χ0n) is 11.9. The number of carbonyl (C=O) groups excluding carboxylic acids is 1. The zero-order chi connectivity index (χ0) is 16.4. The SMILES string of the molecule is CON(Cc1ccc(F)c(Br)c1)C(=O)c1cn(C)c(O)c1O. The number of aromatic hydroxyl groups is 2. The van der Waals surface area contributed by atoms with Crippen molar-refractivity contribution in [3.8, 4) is 11.6 Å². The Kier molecular flexibility index (Phi) is 4.72. The topological polar surface area (TPSA) is 74.9 Å². The quantitative estimate of drug-likeness (QED) is 0.808. The highest BCUT2D eigenvalue weighted by Gasteiger charge is 2.24. The molecule has 22 heavy (non-hydrogen) atoms. The Morgan fingerprint density at radius 1 is 1.45 bits per heavy atom. The van der Waals surface area contributed by atoms with Crippen LogP contribution in [0.5, 0.6) is 11.6 Å². The van der Waals surface area contributed by atoms with Crippen LogP contribution in [0.25, 0.3) is 0 Å². The molecule has 0 bridgehead atoms. The molecule has 1 aromatic carbocycles. The number of halogens is 2. The van der Waals surface area contributed by atoms with Crippen LogP contribution < -0.4 is 0 Å². The number of hydrogen-bond acceptors (Lipinski definition) is 4. The minimum atomic E-state index is -0.628. The predicted molar refractivity (Wildman–Crippen MR) is 79.7 cm³/mol. The van der Waals surface area contributed by atoms with Crippen LogP contribution in [-0.4, -0.2) is 32.9 Å². The summed E-state index contributed by atoms with van der Waals surface area (Å²) in [6, 6.07) is 4.31. The minimum absolute atomic E-state index is 0.0449. The standard InChI is InChI=1S/C14H14BrFN2O4/c1-17-7-9(12(19)14(17)21)13(20)18(22-2)6-8-3-4-11(16)10(15)5-8/h3-5,7,19,21H,6H2,1-2H3. The van der Waals surface area contributed by atoms with Gasteiger partial charge in [0, 0.05) is 13.2 Å². The van der Waals surface area contributed by atoms with Gasteiger partial charge in [-0.15, -0.1) is 0 Å². The van der Waals surface area contributed by atoms with Crippen LogP contribution >= 0.6 is 15.9 Å². The fourth-order valence-electron chi connectivity index (χ4n) is 1.92. The normalized spacial score (nSPS) is 10.7. The molecule has 1 heterocycles. The first kappa shape index (κ1) is 16.3. The van der Waals surface area contributed by atoms with Crippen LogP contribution in [0.1, 0.15) is 15.9 Å². The molecule has 0 saturated carbocycles. The van der Waals surface area contributed by atoms with Gasteiger partial charge in [0.05, 0.1) is 18.1 Å². The summed E-state index contributed by atoms with van der Waals surface area (Å²) < 4.78 is 14.7. The number of rotatable bonds is 4. The molecular formula is C14H14BrFN2O4. The van der Waals surface area contributed by atoms with Gasteiger partial charge in [0.15, 0.2) is 5.75 Å². The van der Waals surface area contributed by atoms with Crippen LogP contribution in [0.15, 0.2) is 28.9 Å². The van der Waals surface area contributed by atoms with E-state index in [1.807, 2.05) is 0 Å². The van der Waals surface area contributed by atoms with Crippen molar-refractivity contribution < 1.29 is 24.2 Å². The number of amides is 1. The molecule has 2 rings (SSSR count). The van der Waals surface area contributed by atoms with Gasteiger partial charge in [-0.25, -0.2) is 9.45 Å². The largest absolute Gasteiger partial charge is 0.503 e. The molecule has 1 amide bonds. The number of nitrogens with zero attached hydrogens (tertiary/aromatic N) is 2. The second-order valence-electron chi connectivity index (χ2n) is 4.60. The molecule has 0 aliphatic heterocycles. The van der Waals surface area contributed by atoms with Gasteiger partial charge < -0.3 is 14.8 Å². The van der Waals surface area contributed by atoms with Crippen LogP contribution in [0.3, 0.4) is 0 Å². The van der Waals surface area contributed by atoms with Gasteiger partial charge in [-0.3, -0.25) is 9.63 Å². The highest BCUT2D eigenvalue weighted by Crippen LogP contribution is 2.31. The monoisotopic (exact) mass is 372 g/mol. The summed E-state index contributed by atoms with van der Waals surface area (Å²) >= 11 is 3.07. The molecule has 0 unspecified atom stereocenters. The van der Waals surface area contributed by atoms with E-state index in [0.717, 1.165) is 5.06 Å². The third kappa shape index (κ3) is 3.07. The fourth-order valence-corrected chi connectivity index (χ4v) is 2.34. The molecule has 118 valence electrons. The van der Waals surface area contributed by atoms with E-state index < -0.39 is 23.4 Å². The Bertz CT molecular complexity index is 717. The molecule has 0 atom stereocenters. The maximum Gasteiger partial charge on any atom is 0.283 e. The molecule has 0 spiro atoms. The van der Waals surface area contributed by atoms with Crippen molar-refractivity contribution in [2.45, 2.75) is 6.54 Å². The number of hydrogen-bond donors (Lipinski definition) is 2. The van der Waals surface area contributed by atoms with Gasteiger partial charge in [0.2, 0.25) is 5.88 Å². The lowest BCUT2D eigenvalue weighted by atomic mass is 10.2. The molecule has 0 aliphatic carbocycles. The van der Waals surface area contributed by atoms with Gasteiger partial charge in [0.25, 0.3) is 5.91 Å². The number of aryl methyl sites for hydroxylation is 1. The summed E-state index contributed by atoms with van der Waals surface area (Å²) in [6.07, 6.45) is 1.29. The third-order valence-electron chi connectivity index (χ3n) is 3.11. The van der Waals surface area contributed by atoms with Gasteiger partial charge in [-0.05, 0) is 33.6 Å². The Morgan fingerprint density at radius 2 is 2.14 bits per heavy atom. The Labute approximate surface area is 134 Å². The molecule has 0 radical (unpaired) electrons. The number of carbonyl (C=O) groups is 1. The number of hydroxylamine groups is 2. The van der Waals surface area contributed by atoms with Crippen molar-refractivity contribution in [3.05, 3.63) is 45.8 Å². The highest BCUT2D eigenvalue weighted by molar-refractivity contribution is 9.10. The third-order valence-corrected chi connectivity index (χ3v) is 3.72. The summed E-state index contributed by atoms with van der Waals surface area (Å²) in [4.78, 5) is 17.4. The smallest absolute Gasteiger partial charge is 0.283 e. The molecule has 1 aromatic heterocycles. The van der Waals surface area contributed by atoms with Gasteiger partial charge in [-0.2, -0.15) is 0 Å². The first-order valence-electron chi connectivity index (χ1n) is 6.22. The Hall–Kier alpha value is -2.06. The predicted octanol–water partition coefficient (Wildman–Crippen LogP) is 2.54. The van der Waals surface area contributed by atoms with Crippen LogP contribution in [0.2, 0.25) is 0 Å². The maximum absolute atomic E-state index is 13.2. The van der Waals surface area contributed by atoms with E-state index in [2.05, 4.69) is 15.9 Å². The van der Waals surface area contributed by atoms with E-state index in [9.17, 15) is 19.4 Å². The highest BCUT2D eigenvalue weighted by atomic mass is 79.9. The average molecular weight is 373 g/mol. The summed E-state index contributed by atoms with van der Waals surface area (Å²) in [7, 11) is 2.79. The van der Waals surface area contributed by atoms with Crippen molar-refractivity contribution in [1.29, 1.82) is 0 Å². The lowest BCUT2D eigenvalue weighted by Gasteiger charge is -2.19. The van der Waals surface area contributed by atoms with Crippen molar-refractivity contribution in [2.75, 3.05) is 7.11 Å². The molecule has 8 heteroatoms. The molecule has 0 saturated heterocycles. The lowest BCUT2D eigenvalue weighted by Crippen LogP contribution is -2.29. The summed E-state index contributed by atoms with van der Waals surface area (Å²) in [5, 5.41) is 20.3. The van der Waals surface area contributed by atoms with Crippen molar-refractivity contribution >= 4 is 21.8 Å². The first-order valence-corrected chi connectivity index (χ1v) is 7.01.